The average molecular weight is 353 g/mol. The molecule has 0 aromatic heterocycles. The van der Waals surface area contributed by atoms with Gasteiger partial charge in [-0.15, -0.1) is 0 Å². The second-order valence-corrected chi connectivity index (χ2v) is 7.72. The van der Waals surface area contributed by atoms with Gasteiger partial charge in [0.1, 0.15) is 11.8 Å². The molecule has 2 N–H and O–H groups in total. The highest BCUT2D eigenvalue weighted by Crippen LogP contribution is 2.33. The number of carbonyl (C=O) groups is 2. The average Bonchev–Trinajstić information content (AvgIpc) is 2.48. The third-order valence-corrected chi connectivity index (χ3v) is 4.26. The van der Waals surface area contributed by atoms with Crippen molar-refractivity contribution in [3.8, 4) is 5.75 Å². The molecule has 0 unspecified atom stereocenters. The SMILES string of the molecule is CSCC[C@H](NC(=O)COc1c(C)cccc1C(C)(C)C)C(=O)O. The minimum Gasteiger partial charge on any atom is -0.483 e. The molecule has 1 aromatic carbocycles. The number of thioether (sulfide) groups is 1. The summed E-state index contributed by atoms with van der Waals surface area (Å²) in [7, 11) is 0. The summed E-state index contributed by atoms with van der Waals surface area (Å²) in [5.41, 5.74) is 1.86. The smallest absolute Gasteiger partial charge is 0.326 e. The predicted molar refractivity (Wildman–Crippen MR) is 97.9 cm³/mol. The number of ether oxygens (including phenoxy) is 1. The molecule has 0 saturated carbocycles. The largest absolute Gasteiger partial charge is 0.483 e. The van der Waals surface area contributed by atoms with Crippen molar-refractivity contribution in [1.29, 1.82) is 0 Å². The van der Waals surface area contributed by atoms with Gasteiger partial charge in [-0.3, -0.25) is 4.79 Å². The Balaban J connectivity index is 2.75. The van der Waals surface area contributed by atoms with Gasteiger partial charge in [0.2, 0.25) is 0 Å². The Morgan fingerprint density at radius 2 is 2.00 bits per heavy atom. The molecular formula is C18H27NO4S. The van der Waals surface area contributed by atoms with E-state index in [1.165, 1.54) is 0 Å². The van der Waals surface area contributed by atoms with Crippen LogP contribution in [0.15, 0.2) is 18.2 Å². The van der Waals surface area contributed by atoms with Crippen LogP contribution in [-0.2, 0) is 15.0 Å². The first-order valence-corrected chi connectivity index (χ1v) is 9.30. The summed E-state index contributed by atoms with van der Waals surface area (Å²) < 4.78 is 5.73. The van der Waals surface area contributed by atoms with Crippen LogP contribution in [0.25, 0.3) is 0 Å². The Labute approximate surface area is 148 Å². The van der Waals surface area contributed by atoms with Crippen LogP contribution in [-0.4, -0.2) is 41.6 Å². The molecule has 1 atom stereocenters. The lowest BCUT2D eigenvalue weighted by molar-refractivity contribution is -0.142. The number of hydrogen-bond acceptors (Lipinski definition) is 4. The number of aliphatic carboxylic acids is 1. The molecular weight excluding hydrogens is 326 g/mol. The number of carbonyl (C=O) groups excluding carboxylic acids is 1. The van der Waals surface area contributed by atoms with Crippen molar-refractivity contribution < 1.29 is 19.4 Å². The van der Waals surface area contributed by atoms with Gasteiger partial charge in [-0.25, -0.2) is 4.79 Å². The number of amides is 1. The lowest BCUT2D eigenvalue weighted by Gasteiger charge is -2.24. The maximum Gasteiger partial charge on any atom is 0.326 e. The van der Waals surface area contributed by atoms with Crippen LogP contribution in [0.4, 0.5) is 0 Å². The number of aryl methyl sites for hydroxylation is 1. The van der Waals surface area contributed by atoms with Gasteiger partial charge in [0.05, 0.1) is 0 Å². The van der Waals surface area contributed by atoms with Crippen LogP contribution in [0.2, 0.25) is 0 Å². The summed E-state index contributed by atoms with van der Waals surface area (Å²) >= 11 is 1.55. The standard InChI is InChI=1S/C18H27NO4S/c1-12-7-6-8-13(18(2,3)4)16(12)23-11-15(20)19-14(17(21)22)9-10-24-5/h6-8,14H,9-11H2,1-5H3,(H,19,20)(H,21,22)/t14-/m0/s1. The summed E-state index contributed by atoms with van der Waals surface area (Å²) in [6, 6.07) is 5.00. The lowest BCUT2D eigenvalue weighted by atomic mass is 9.85. The second-order valence-electron chi connectivity index (χ2n) is 6.73. The predicted octanol–water partition coefficient (Wildman–Crippen LogP) is 2.99. The molecule has 1 amide bonds. The third kappa shape index (κ3) is 6.07. The topological polar surface area (TPSA) is 75.6 Å². The van der Waals surface area contributed by atoms with Crippen molar-refractivity contribution >= 4 is 23.6 Å². The molecule has 1 aromatic rings. The quantitative estimate of drug-likeness (QED) is 0.751. The van der Waals surface area contributed by atoms with Crippen molar-refractivity contribution in [3.05, 3.63) is 29.3 Å². The molecule has 134 valence electrons. The molecule has 0 saturated heterocycles. The third-order valence-electron chi connectivity index (χ3n) is 3.61. The van der Waals surface area contributed by atoms with Gasteiger partial charge in [0.25, 0.3) is 5.91 Å². The number of nitrogens with one attached hydrogen (secondary N) is 1. The van der Waals surface area contributed by atoms with Crippen molar-refractivity contribution in [2.75, 3.05) is 18.6 Å². The van der Waals surface area contributed by atoms with Gasteiger partial charge in [-0.2, -0.15) is 11.8 Å². The highest BCUT2D eigenvalue weighted by atomic mass is 32.2. The zero-order valence-electron chi connectivity index (χ0n) is 15.0. The van der Waals surface area contributed by atoms with E-state index < -0.39 is 17.9 Å². The Morgan fingerprint density at radius 1 is 1.33 bits per heavy atom. The zero-order chi connectivity index (χ0) is 18.3. The number of rotatable bonds is 8. The number of hydrogen-bond donors (Lipinski definition) is 2. The van der Waals surface area contributed by atoms with E-state index in [4.69, 9.17) is 9.84 Å². The molecule has 0 spiro atoms. The highest BCUT2D eigenvalue weighted by Gasteiger charge is 2.22. The molecule has 0 radical (unpaired) electrons. The van der Waals surface area contributed by atoms with Crippen LogP contribution in [0.3, 0.4) is 0 Å². The van der Waals surface area contributed by atoms with Gasteiger partial charge in [-0.05, 0) is 41.9 Å². The summed E-state index contributed by atoms with van der Waals surface area (Å²) in [4.78, 5) is 23.3. The van der Waals surface area contributed by atoms with Gasteiger partial charge >= 0.3 is 5.97 Å². The Kier molecular flexibility index (Phi) is 7.60. The van der Waals surface area contributed by atoms with E-state index in [9.17, 15) is 9.59 Å². The van der Waals surface area contributed by atoms with E-state index in [2.05, 4.69) is 26.1 Å². The number of para-hydroxylation sites is 1. The van der Waals surface area contributed by atoms with Crippen LogP contribution in [0.5, 0.6) is 5.75 Å². The minimum absolute atomic E-state index is 0.111. The minimum atomic E-state index is -1.02. The molecule has 0 aliphatic carbocycles. The van der Waals surface area contributed by atoms with Crippen LogP contribution in [0, 0.1) is 6.92 Å². The Bertz CT molecular complexity index is 581. The molecule has 0 heterocycles. The van der Waals surface area contributed by atoms with Gasteiger partial charge in [-0.1, -0.05) is 39.0 Å². The van der Waals surface area contributed by atoms with Crippen molar-refractivity contribution in [2.45, 2.75) is 45.6 Å². The molecule has 0 bridgehead atoms. The zero-order valence-corrected chi connectivity index (χ0v) is 15.8. The van der Waals surface area contributed by atoms with Crippen LogP contribution < -0.4 is 10.1 Å². The second kappa shape index (κ2) is 8.97. The molecule has 6 heteroatoms. The fourth-order valence-corrected chi connectivity index (χ4v) is 2.77. The van der Waals surface area contributed by atoms with Gasteiger partial charge in [0.15, 0.2) is 6.61 Å². The molecule has 24 heavy (non-hydrogen) atoms. The monoisotopic (exact) mass is 353 g/mol. The van der Waals surface area contributed by atoms with E-state index in [0.29, 0.717) is 17.9 Å². The fraction of sp³-hybridized carbons (Fsp3) is 0.556. The van der Waals surface area contributed by atoms with Crippen molar-refractivity contribution in [3.63, 3.8) is 0 Å². The first-order chi connectivity index (χ1) is 11.2. The summed E-state index contributed by atoms with van der Waals surface area (Å²) in [6.45, 7) is 7.98. The van der Waals surface area contributed by atoms with Crippen molar-refractivity contribution in [1.82, 2.24) is 5.32 Å². The summed E-state index contributed by atoms with van der Waals surface area (Å²) in [5, 5.41) is 11.7. The molecule has 0 aliphatic rings. The normalized spacial score (nSPS) is 12.5. The fourth-order valence-electron chi connectivity index (χ4n) is 2.30. The number of benzene rings is 1. The molecule has 0 fully saturated rings. The molecule has 1 rings (SSSR count). The Morgan fingerprint density at radius 3 is 2.54 bits per heavy atom. The molecule has 0 aliphatic heterocycles. The summed E-state index contributed by atoms with van der Waals surface area (Å²) in [5.74, 6) is -0.0872. The first kappa shape index (κ1) is 20.4. The maximum atomic E-state index is 12.1. The van der Waals surface area contributed by atoms with Crippen LogP contribution >= 0.6 is 11.8 Å². The maximum absolute atomic E-state index is 12.1. The van der Waals surface area contributed by atoms with Gasteiger partial charge < -0.3 is 15.2 Å². The van der Waals surface area contributed by atoms with E-state index in [1.807, 2.05) is 31.4 Å². The lowest BCUT2D eigenvalue weighted by Crippen LogP contribution is -2.43. The van der Waals surface area contributed by atoms with Crippen molar-refractivity contribution in [2.24, 2.45) is 0 Å². The van der Waals surface area contributed by atoms with E-state index in [0.717, 1.165) is 11.1 Å². The Hall–Kier alpha value is -1.69. The first-order valence-electron chi connectivity index (χ1n) is 7.90. The van der Waals surface area contributed by atoms with Crippen LogP contribution in [0.1, 0.15) is 38.3 Å². The number of carboxylic acids is 1. The van der Waals surface area contributed by atoms with E-state index in [1.54, 1.807) is 11.8 Å². The number of carboxylic acid groups (broad SMARTS) is 1. The van der Waals surface area contributed by atoms with E-state index >= 15 is 0 Å². The summed E-state index contributed by atoms with van der Waals surface area (Å²) in [6.07, 6.45) is 2.29. The van der Waals surface area contributed by atoms with E-state index in [-0.39, 0.29) is 12.0 Å². The molecule has 5 nitrogen and oxygen atoms in total. The highest BCUT2D eigenvalue weighted by molar-refractivity contribution is 7.98. The van der Waals surface area contributed by atoms with Gasteiger partial charge in [0, 0.05) is 0 Å².